The molecule has 0 aliphatic carbocycles. The fourth-order valence-electron chi connectivity index (χ4n) is 2.00. The molecule has 7 heteroatoms. The van der Waals surface area contributed by atoms with Crippen molar-refractivity contribution in [2.45, 2.75) is 17.7 Å². The van der Waals surface area contributed by atoms with Gasteiger partial charge in [0.25, 0.3) is 0 Å². The van der Waals surface area contributed by atoms with E-state index >= 15 is 0 Å². The Morgan fingerprint density at radius 1 is 1.28 bits per heavy atom. The second kappa shape index (κ2) is 4.58. The van der Waals surface area contributed by atoms with Gasteiger partial charge in [0, 0.05) is 18.8 Å². The topological polar surface area (TPSA) is 101 Å². The molecule has 1 fully saturated rings. The summed E-state index contributed by atoms with van der Waals surface area (Å²) in [7, 11) is -3.76. The summed E-state index contributed by atoms with van der Waals surface area (Å²) in [5.74, 6) is -1.27. The van der Waals surface area contributed by atoms with Gasteiger partial charge >= 0.3 is 5.97 Å². The molecule has 0 aromatic heterocycles. The number of benzene rings is 1. The van der Waals surface area contributed by atoms with E-state index in [-0.39, 0.29) is 16.1 Å². The maximum absolute atomic E-state index is 12.3. The smallest absolute Gasteiger partial charge is 0.337 e. The van der Waals surface area contributed by atoms with Gasteiger partial charge in [0.1, 0.15) is 0 Å². The standard InChI is InChI=1S/C11H14N2O4S/c12-8-3-4-9(11(14)15)10(7-8)18(16,17)13-5-1-2-6-13/h3-4,7H,1-2,5-6,12H2,(H,14,15). The van der Waals surface area contributed by atoms with Crippen molar-refractivity contribution in [3.8, 4) is 0 Å². The van der Waals surface area contributed by atoms with E-state index in [9.17, 15) is 13.2 Å². The predicted octanol–water partition coefficient (Wildman–Crippen LogP) is 0.752. The molecule has 2 rings (SSSR count). The molecule has 1 aromatic carbocycles. The summed E-state index contributed by atoms with van der Waals surface area (Å²) in [6.45, 7) is 0.854. The summed E-state index contributed by atoms with van der Waals surface area (Å²) in [5, 5.41) is 9.04. The first kappa shape index (κ1) is 12.8. The third-order valence-electron chi connectivity index (χ3n) is 2.92. The number of nitrogen functional groups attached to an aromatic ring is 1. The number of nitrogens with zero attached hydrogens (tertiary/aromatic N) is 1. The molecular formula is C11H14N2O4S. The molecule has 3 N–H and O–H groups in total. The summed E-state index contributed by atoms with van der Waals surface area (Å²) in [4.78, 5) is 10.8. The summed E-state index contributed by atoms with van der Waals surface area (Å²) in [6, 6.07) is 3.81. The molecule has 98 valence electrons. The first-order valence-corrected chi connectivity index (χ1v) is 7.00. The molecule has 0 atom stereocenters. The second-order valence-electron chi connectivity index (χ2n) is 4.17. The number of hydrogen-bond donors (Lipinski definition) is 2. The largest absolute Gasteiger partial charge is 0.478 e. The van der Waals surface area contributed by atoms with E-state index in [1.807, 2.05) is 0 Å². The highest BCUT2D eigenvalue weighted by molar-refractivity contribution is 7.89. The number of rotatable bonds is 3. The second-order valence-corrected chi connectivity index (χ2v) is 6.08. The van der Waals surface area contributed by atoms with Crippen LogP contribution >= 0.6 is 0 Å². The Morgan fingerprint density at radius 2 is 1.89 bits per heavy atom. The van der Waals surface area contributed by atoms with Crippen molar-refractivity contribution in [1.29, 1.82) is 0 Å². The molecule has 0 unspecified atom stereocenters. The van der Waals surface area contributed by atoms with Crippen molar-refractivity contribution in [3.05, 3.63) is 23.8 Å². The summed E-state index contributed by atoms with van der Waals surface area (Å²) in [6.07, 6.45) is 1.59. The van der Waals surface area contributed by atoms with E-state index in [0.29, 0.717) is 13.1 Å². The van der Waals surface area contributed by atoms with Gasteiger partial charge in [-0.3, -0.25) is 0 Å². The van der Waals surface area contributed by atoms with Crippen LogP contribution < -0.4 is 5.73 Å². The molecule has 18 heavy (non-hydrogen) atoms. The highest BCUT2D eigenvalue weighted by atomic mass is 32.2. The van der Waals surface area contributed by atoms with Crippen LogP contribution in [-0.4, -0.2) is 36.9 Å². The molecule has 0 bridgehead atoms. The van der Waals surface area contributed by atoms with Gasteiger partial charge < -0.3 is 10.8 Å². The summed E-state index contributed by atoms with van der Waals surface area (Å²) < 4.78 is 25.9. The minimum absolute atomic E-state index is 0.225. The van der Waals surface area contributed by atoms with E-state index in [1.54, 1.807) is 0 Å². The van der Waals surface area contributed by atoms with Gasteiger partial charge in [-0.25, -0.2) is 13.2 Å². The quantitative estimate of drug-likeness (QED) is 0.789. The summed E-state index contributed by atoms with van der Waals surface area (Å²) in [5.41, 5.74) is 5.54. The van der Waals surface area contributed by atoms with E-state index in [1.165, 1.54) is 22.5 Å². The number of aromatic carboxylic acids is 1. The Balaban J connectivity index is 2.55. The lowest BCUT2D eigenvalue weighted by Gasteiger charge is -2.17. The van der Waals surface area contributed by atoms with E-state index in [0.717, 1.165) is 12.8 Å². The number of hydrogen-bond acceptors (Lipinski definition) is 4. The van der Waals surface area contributed by atoms with Crippen LogP contribution in [-0.2, 0) is 10.0 Å². The van der Waals surface area contributed by atoms with E-state index in [2.05, 4.69) is 0 Å². The Labute approximate surface area is 105 Å². The molecule has 1 aliphatic rings. The van der Waals surface area contributed by atoms with Gasteiger partial charge in [-0.15, -0.1) is 0 Å². The van der Waals surface area contributed by atoms with Gasteiger partial charge in [-0.2, -0.15) is 4.31 Å². The predicted molar refractivity (Wildman–Crippen MR) is 65.8 cm³/mol. The minimum Gasteiger partial charge on any atom is -0.478 e. The number of sulfonamides is 1. The molecule has 0 amide bonds. The molecule has 0 spiro atoms. The monoisotopic (exact) mass is 270 g/mol. The number of nitrogens with two attached hydrogens (primary N) is 1. The Kier molecular flexibility index (Phi) is 3.27. The fourth-order valence-corrected chi connectivity index (χ4v) is 3.73. The van der Waals surface area contributed by atoms with Crippen LogP contribution in [0.1, 0.15) is 23.2 Å². The lowest BCUT2D eigenvalue weighted by Crippen LogP contribution is -2.29. The van der Waals surface area contributed by atoms with Crippen molar-refractivity contribution in [2.24, 2.45) is 0 Å². The minimum atomic E-state index is -3.76. The molecule has 1 aromatic rings. The van der Waals surface area contributed by atoms with E-state index in [4.69, 9.17) is 10.8 Å². The van der Waals surface area contributed by atoms with Gasteiger partial charge in [0.15, 0.2) is 0 Å². The lowest BCUT2D eigenvalue weighted by atomic mass is 10.2. The maximum atomic E-state index is 12.3. The van der Waals surface area contributed by atoms with Crippen LogP contribution in [0.25, 0.3) is 0 Å². The normalized spacial score (nSPS) is 16.9. The zero-order valence-corrected chi connectivity index (χ0v) is 10.5. The highest BCUT2D eigenvalue weighted by Crippen LogP contribution is 2.25. The maximum Gasteiger partial charge on any atom is 0.337 e. The molecule has 0 radical (unpaired) electrons. The van der Waals surface area contributed by atoms with E-state index < -0.39 is 16.0 Å². The zero-order chi connectivity index (χ0) is 13.3. The molecular weight excluding hydrogens is 256 g/mol. The molecule has 0 saturated carbocycles. The van der Waals surface area contributed by atoms with Crippen LogP contribution in [0.2, 0.25) is 0 Å². The molecule has 1 heterocycles. The van der Waals surface area contributed by atoms with Gasteiger partial charge in [0.2, 0.25) is 10.0 Å². The lowest BCUT2D eigenvalue weighted by molar-refractivity contribution is 0.0692. The van der Waals surface area contributed by atoms with Gasteiger partial charge in [0.05, 0.1) is 10.5 Å². The van der Waals surface area contributed by atoms with Crippen molar-refractivity contribution in [3.63, 3.8) is 0 Å². The van der Waals surface area contributed by atoms with Crippen molar-refractivity contribution >= 4 is 21.7 Å². The fraction of sp³-hybridized carbons (Fsp3) is 0.364. The average molecular weight is 270 g/mol. The first-order chi connectivity index (χ1) is 8.43. The Bertz CT molecular complexity index is 577. The number of carbonyl (C=O) groups is 1. The molecule has 6 nitrogen and oxygen atoms in total. The zero-order valence-electron chi connectivity index (χ0n) is 9.67. The van der Waals surface area contributed by atoms with Crippen molar-refractivity contribution in [2.75, 3.05) is 18.8 Å². The van der Waals surface area contributed by atoms with Gasteiger partial charge in [-0.1, -0.05) is 0 Å². The SMILES string of the molecule is Nc1ccc(C(=O)O)c(S(=O)(=O)N2CCCC2)c1. The highest BCUT2D eigenvalue weighted by Gasteiger charge is 2.30. The van der Waals surface area contributed by atoms with Gasteiger partial charge in [-0.05, 0) is 31.0 Å². The molecule has 1 saturated heterocycles. The number of carboxylic acids is 1. The summed E-state index contributed by atoms with van der Waals surface area (Å²) >= 11 is 0. The third kappa shape index (κ3) is 2.19. The molecule has 1 aliphatic heterocycles. The van der Waals surface area contributed by atoms with Crippen LogP contribution in [0.15, 0.2) is 23.1 Å². The Morgan fingerprint density at radius 3 is 2.44 bits per heavy atom. The van der Waals surface area contributed by atoms with Crippen LogP contribution in [0, 0.1) is 0 Å². The van der Waals surface area contributed by atoms with Crippen molar-refractivity contribution < 1.29 is 18.3 Å². The van der Waals surface area contributed by atoms with Crippen LogP contribution in [0.3, 0.4) is 0 Å². The number of anilines is 1. The average Bonchev–Trinajstić information content (AvgIpc) is 2.82. The van der Waals surface area contributed by atoms with Crippen molar-refractivity contribution in [1.82, 2.24) is 4.31 Å². The number of carboxylic acid groups (broad SMARTS) is 1. The first-order valence-electron chi connectivity index (χ1n) is 5.56. The Hall–Kier alpha value is -1.60. The van der Waals surface area contributed by atoms with Crippen LogP contribution in [0.4, 0.5) is 5.69 Å². The van der Waals surface area contributed by atoms with Crippen LogP contribution in [0.5, 0.6) is 0 Å². The third-order valence-corrected chi connectivity index (χ3v) is 4.86.